The van der Waals surface area contributed by atoms with Gasteiger partial charge in [-0.2, -0.15) is 0 Å². The van der Waals surface area contributed by atoms with E-state index in [-0.39, 0.29) is 0 Å². The first-order valence-electron chi connectivity index (χ1n) is 6.73. The lowest BCUT2D eigenvalue weighted by molar-refractivity contribution is 0.197. The fraction of sp³-hybridized carbons (Fsp3) is 1.00. The van der Waals surface area contributed by atoms with Crippen LogP contribution in [0.5, 0.6) is 0 Å². The maximum absolute atomic E-state index is 3.60. The summed E-state index contributed by atoms with van der Waals surface area (Å²) in [6, 6.07) is 1.48. The van der Waals surface area contributed by atoms with Crippen molar-refractivity contribution >= 4 is 0 Å². The second-order valence-electron chi connectivity index (χ2n) is 5.61. The van der Waals surface area contributed by atoms with Crippen LogP contribution in [-0.2, 0) is 0 Å². The van der Waals surface area contributed by atoms with E-state index in [9.17, 15) is 0 Å². The van der Waals surface area contributed by atoms with E-state index in [2.05, 4.69) is 24.1 Å². The van der Waals surface area contributed by atoms with Crippen LogP contribution in [0.1, 0.15) is 46.0 Å². The van der Waals surface area contributed by atoms with Crippen LogP contribution in [0, 0.1) is 5.92 Å². The van der Waals surface area contributed by atoms with Gasteiger partial charge in [-0.1, -0.05) is 12.8 Å². The summed E-state index contributed by atoms with van der Waals surface area (Å²) >= 11 is 0. The summed E-state index contributed by atoms with van der Waals surface area (Å²) in [5.41, 5.74) is 0. The zero-order chi connectivity index (χ0) is 10.7. The molecule has 1 heterocycles. The molecule has 1 atom stereocenters. The minimum Gasteiger partial charge on any atom is -0.313 e. The monoisotopic (exact) mass is 210 g/mol. The minimum atomic E-state index is 0.714. The predicted octanol–water partition coefficient (Wildman–Crippen LogP) is 2.25. The first-order chi connectivity index (χ1) is 7.25. The fourth-order valence-electron chi connectivity index (χ4n) is 2.51. The van der Waals surface area contributed by atoms with Gasteiger partial charge in [0.2, 0.25) is 0 Å². The van der Waals surface area contributed by atoms with Crippen LogP contribution >= 0.6 is 0 Å². The molecule has 2 fully saturated rings. The molecule has 0 aromatic rings. The van der Waals surface area contributed by atoms with Crippen LogP contribution in [-0.4, -0.2) is 36.6 Å². The number of nitrogens with zero attached hydrogens (tertiary/aromatic N) is 1. The van der Waals surface area contributed by atoms with E-state index in [4.69, 9.17) is 0 Å². The third-order valence-corrected chi connectivity index (χ3v) is 3.87. The van der Waals surface area contributed by atoms with Gasteiger partial charge in [0.15, 0.2) is 0 Å². The highest BCUT2D eigenvalue weighted by Gasteiger charge is 2.24. The number of hydrogen-bond donors (Lipinski definition) is 1. The third-order valence-electron chi connectivity index (χ3n) is 3.87. The molecule has 1 aliphatic heterocycles. The molecular weight excluding hydrogens is 184 g/mol. The molecule has 15 heavy (non-hydrogen) atoms. The van der Waals surface area contributed by atoms with E-state index in [1.165, 1.54) is 51.7 Å². The highest BCUT2D eigenvalue weighted by atomic mass is 15.2. The Balaban J connectivity index is 1.70. The molecular formula is C13H26N2. The van der Waals surface area contributed by atoms with Gasteiger partial charge in [-0.05, 0) is 52.1 Å². The van der Waals surface area contributed by atoms with Crippen molar-refractivity contribution in [2.24, 2.45) is 5.92 Å². The summed E-state index contributed by atoms with van der Waals surface area (Å²) in [7, 11) is 0. The molecule has 0 bridgehead atoms. The molecule has 2 nitrogen and oxygen atoms in total. The Morgan fingerprint density at radius 3 is 2.60 bits per heavy atom. The van der Waals surface area contributed by atoms with E-state index in [1.807, 2.05) is 0 Å². The Hall–Kier alpha value is -0.0800. The molecule has 0 radical (unpaired) electrons. The second kappa shape index (κ2) is 5.31. The van der Waals surface area contributed by atoms with Crippen LogP contribution < -0.4 is 5.32 Å². The average molecular weight is 210 g/mol. The van der Waals surface area contributed by atoms with E-state index in [0.29, 0.717) is 6.04 Å². The van der Waals surface area contributed by atoms with Crippen molar-refractivity contribution in [1.82, 2.24) is 10.2 Å². The van der Waals surface area contributed by atoms with E-state index < -0.39 is 0 Å². The van der Waals surface area contributed by atoms with Crippen molar-refractivity contribution in [3.05, 3.63) is 0 Å². The van der Waals surface area contributed by atoms with E-state index in [1.54, 1.807) is 0 Å². The molecule has 0 spiro atoms. The molecule has 2 aliphatic rings. The largest absolute Gasteiger partial charge is 0.313 e. The molecule has 2 rings (SSSR count). The van der Waals surface area contributed by atoms with Gasteiger partial charge in [0.05, 0.1) is 0 Å². The summed E-state index contributed by atoms with van der Waals surface area (Å²) in [6.45, 7) is 8.49. The van der Waals surface area contributed by atoms with Crippen LogP contribution in [0.15, 0.2) is 0 Å². The summed E-state index contributed by atoms with van der Waals surface area (Å²) in [5.74, 6) is 1.07. The van der Waals surface area contributed by atoms with Gasteiger partial charge in [-0.25, -0.2) is 0 Å². The van der Waals surface area contributed by atoms with Crippen molar-refractivity contribution in [3.8, 4) is 0 Å². The van der Waals surface area contributed by atoms with Gasteiger partial charge in [-0.3, -0.25) is 4.90 Å². The maximum atomic E-state index is 3.60. The molecule has 1 N–H and O–H groups in total. The Morgan fingerprint density at radius 2 is 2.07 bits per heavy atom. The van der Waals surface area contributed by atoms with Crippen molar-refractivity contribution in [2.75, 3.05) is 19.6 Å². The lowest BCUT2D eigenvalue weighted by atomic mass is 10.1. The van der Waals surface area contributed by atoms with E-state index >= 15 is 0 Å². The first-order valence-corrected chi connectivity index (χ1v) is 6.73. The Morgan fingerprint density at radius 1 is 1.27 bits per heavy atom. The molecule has 88 valence electrons. The summed E-state index contributed by atoms with van der Waals surface area (Å²) in [6.07, 6.45) is 7.18. The molecule has 1 aliphatic carbocycles. The zero-order valence-corrected chi connectivity index (χ0v) is 10.3. The molecule has 1 unspecified atom stereocenters. The smallest absolute Gasteiger partial charge is 0.0195 e. The molecule has 1 saturated heterocycles. The number of nitrogens with one attached hydrogen (secondary N) is 1. The fourth-order valence-corrected chi connectivity index (χ4v) is 2.51. The SMILES string of the molecule is CC(C)N(CCC1CC1)CC1CCCN1. The van der Waals surface area contributed by atoms with Gasteiger partial charge in [0, 0.05) is 18.6 Å². The minimum absolute atomic E-state index is 0.714. The lowest BCUT2D eigenvalue weighted by Crippen LogP contribution is -2.41. The predicted molar refractivity (Wildman–Crippen MR) is 65.1 cm³/mol. The van der Waals surface area contributed by atoms with Gasteiger partial charge >= 0.3 is 0 Å². The topological polar surface area (TPSA) is 15.3 Å². The number of hydrogen-bond acceptors (Lipinski definition) is 2. The van der Waals surface area contributed by atoms with Crippen molar-refractivity contribution in [2.45, 2.75) is 58.0 Å². The highest BCUT2D eigenvalue weighted by molar-refractivity contribution is 4.81. The Labute approximate surface area is 94.4 Å². The Bertz CT molecular complexity index is 181. The highest BCUT2D eigenvalue weighted by Crippen LogP contribution is 2.32. The maximum Gasteiger partial charge on any atom is 0.0195 e. The third kappa shape index (κ3) is 3.76. The normalized spacial score (nSPS) is 26.8. The van der Waals surface area contributed by atoms with E-state index in [0.717, 1.165) is 12.0 Å². The van der Waals surface area contributed by atoms with Crippen molar-refractivity contribution in [1.29, 1.82) is 0 Å². The molecule has 0 aromatic heterocycles. The zero-order valence-electron chi connectivity index (χ0n) is 10.3. The quantitative estimate of drug-likeness (QED) is 0.723. The second-order valence-corrected chi connectivity index (χ2v) is 5.61. The van der Waals surface area contributed by atoms with Gasteiger partial charge in [0.25, 0.3) is 0 Å². The molecule has 2 heteroatoms. The van der Waals surface area contributed by atoms with Crippen LogP contribution in [0.2, 0.25) is 0 Å². The van der Waals surface area contributed by atoms with Crippen molar-refractivity contribution < 1.29 is 0 Å². The van der Waals surface area contributed by atoms with Crippen molar-refractivity contribution in [3.63, 3.8) is 0 Å². The average Bonchev–Trinajstić information content (AvgIpc) is 2.89. The lowest BCUT2D eigenvalue weighted by Gasteiger charge is -2.29. The standard InChI is InChI=1S/C13H26N2/c1-11(2)15(9-7-12-5-6-12)10-13-4-3-8-14-13/h11-14H,3-10H2,1-2H3. The van der Waals surface area contributed by atoms with Crippen LogP contribution in [0.3, 0.4) is 0 Å². The number of rotatable bonds is 6. The van der Waals surface area contributed by atoms with Crippen LogP contribution in [0.25, 0.3) is 0 Å². The van der Waals surface area contributed by atoms with Gasteiger partial charge in [0.1, 0.15) is 0 Å². The van der Waals surface area contributed by atoms with Gasteiger partial charge in [-0.15, -0.1) is 0 Å². The van der Waals surface area contributed by atoms with Crippen LogP contribution in [0.4, 0.5) is 0 Å². The summed E-state index contributed by atoms with van der Waals surface area (Å²) < 4.78 is 0. The molecule has 0 amide bonds. The summed E-state index contributed by atoms with van der Waals surface area (Å²) in [5, 5.41) is 3.60. The Kier molecular flexibility index (Phi) is 4.04. The summed E-state index contributed by atoms with van der Waals surface area (Å²) in [4.78, 5) is 2.67. The first kappa shape index (κ1) is 11.4. The van der Waals surface area contributed by atoms with Gasteiger partial charge < -0.3 is 5.32 Å². The molecule has 1 saturated carbocycles. The molecule has 0 aromatic carbocycles.